The Hall–Kier alpha value is -3.00. The third-order valence-corrected chi connectivity index (χ3v) is 4.86. The Balaban J connectivity index is 1.69. The molecule has 3 aromatic rings. The highest BCUT2D eigenvalue weighted by Crippen LogP contribution is 2.24. The summed E-state index contributed by atoms with van der Waals surface area (Å²) in [6.45, 7) is 1.74. The first-order chi connectivity index (χ1) is 13.6. The van der Waals surface area contributed by atoms with Crippen LogP contribution in [-0.4, -0.2) is 38.5 Å². The fraction of sp³-hybridized carbons (Fsp3) is 0.263. The predicted octanol–water partition coefficient (Wildman–Crippen LogP) is 3.70. The number of anilines is 2. The molecular weight excluding hydrogens is 383 g/mol. The molecule has 0 aliphatic carbocycles. The molecule has 1 amide bonds. The number of carbonyl (C=O) groups is 1. The molecule has 144 valence electrons. The van der Waals surface area contributed by atoms with E-state index in [2.05, 4.69) is 25.2 Å². The quantitative estimate of drug-likeness (QED) is 0.722. The van der Waals surface area contributed by atoms with Crippen LogP contribution < -0.4 is 10.2 Å². The van der Waals surface area contributed by atoms with Crippen molar-refractivity contribution in [1.29, 1.82) is 0 Å². The monoisotopic (exact) mass is 400 g/mol. The minimum Gasteiger partial charge on any atom is -0.356 e. The van der Waals surface area contributed by atoms with Crippen molar-refractivity contribution in [3.05, 3.63) is 59.5 Å². The topological polar surface area (TPSA) is 75.9 Å². The molecule has 1 saturated heterocycles. The lowest BCUT2D eigenvalue weighted by Crippen LogP contribution is -2.31. The van der Waals surface area contributed by atoms with Gasteiger partial charge in [0, 0.05) is 31.5 Å². The van der Waals surface area contributed by atoms with Gasteiger partial charge in [0.15, 0.2) is 0 Å². The standard InChI is InChI=1S/C19H18ClFN6O/c20-14-5-4-13(21)10-15(14)23-18(28)16-11-17(26-7-2-1-3-8-26)25-19(24-16)27-9-6-22-12-27/h4-6,9-12H,1-3,7-8H2,(H,23,28). The number of nitrogens with zero attached hydrogens (tertiary/aromatic N) is 5. The maximum absolute atomic E-state index is 13.5. The van der Waals surface area contributed by atoms with Crippen molar-refractivity contribution < 1.29 is 9.18 Å². The van der Waals surface area contributed by atoms with Gasteiger partial charge in [0.1, 0.15) is 23.7 Å². The molecule has 0 spiro atoms. The molecule has 1 N–H and O–H groups in total. The third kappa shape index (κ3) is 3.96. The van der Waals surface area contributed by atoms with Crippen molar-refractivity contribution in [3.8, 4) is 5.95 Å². The summed E-state index contributed by atoms with van der Waals surface area (Å²) in [5, 5.41) is 2.87. The van der Waals surface area contributed by atoms with E-state index in [0.29, 0.717) is 11.8 Å². The minimum atomic E-state index is -0.491. The number of amides is 1. The van der Waals surface area contributed by atoms with Crippen LogP contribution in [0.15, 0.2) is 43.0 Å². The van der Waals surface area contributed by atoms with Crippen molar-refractivity contribution in [1.82, 2.24) is 19.5 Å². The van der Waals surface area contributed by atoms with E-state index in [-0.39, 0.29) is 16.4 Å². The second kappa shape index (κ2) is 7.93. The second-order valence-electron chi connectivity index (χ2n) is 6.51. The Morgan fingerprint density at radius 3 is 2.71 bits per heavy atom. The lowest BCUT2D eigenvalue weighted by molar-refractivity contribution is 0.102. The molecule has 1 aromatic carbocycles. The average molecular weight is 401 g/mol. The number of hydrogen-bond donors (Lipinski definition) is 1. The zero-order valence-corrected chi connectivity index (χ0v) is 15.7. The van der Waals surface area contributed by atoms with Crippen LogP contribution >= 0.6 is 11.6 Å². The number of benzene rings is 1. The van der Waals surface area contributed by atoms with Crippen molar-refractivity contribution in [2.24, 2.45) is 0 Å². The normalized spacial score (nSPS) is 14.1. The van der Waals surface area contributed by atoms with Crippen LogP contribution in [0.25, 0.3) is 5.95 Å². The Morgan fingerprint density at radius 2 is 1.96 bits per heavy atom. The van der Waals surface area contributed by atoms with Crippen LogP contribution in [0.4, 0.5) is 15.9 Å². The fourth-order valence-electron chi connectivity index (χ4n) is 3.10. The van der Waals surface area contributed by atoms with E-state index in [4.69, 9.17) is 11.6 Å². The van der Waals surface area contributed by atoms with Crippen LogP contribution in [0.5, 0.6) is 0 Å². The van der Waals surface area contributed by atoms with Crippen molar-refractivity contribution >= 4 is 29.0 Å². The molecular formula is C19H18ClFN6O. The van der Waals surface area contributed by atoms with Crippen molar-refractivity contribution in [3.63, 3.8) is 0 Å². The van der Waals surface area contributed by atoms with Crippen LogP contribution in [-0.2, 0) is 0 Å². The molecule has 28 heavy (non-hydrogen) atoms. The minimum absolute atomic E-state index is 0.166. The third-order valence-electron chi connectivity index (χ3n) is 4.53. The SMILES string of the molecule is O=C(Nc1cc(F)ccc1Cl)c1cc(N2CCCCC2)nc(-n2ccnc2)n1. The van der Waals surface area contributed by atoms with Crippen molar-refractivity contribution in [2.45, 2.75) is 19.3 Å². The largest absolute Gasteiger partial charge is 0.356 e. The van der Waals surface area contributed by atoms with Crippen LogP contribution in [0.1, 0.15) is 29.8 Å². The molecule has 0 bridgehead atoms. The van der Waals surface area contributed by atoms with Gasteiger partial charge in [0.2, 0.25) is 5.95 Å². The van der Waals surface area contributed by atoms with E-state index in [9.17, 15) is 9.18 Å². The molecule has 1 fully saturated rings. The van der Waals surface area contributed by atoms with Gasteiger partial charge in [-0.1, -0.05) is 11.6 Å². The summed E-state index contributed by atoms with van der Waals surface area (Å²) in [5.74, 6) is 0.0370. The molecule has 4 rings (SSSR count). The Morgan fingerprint density at radius 1 is 1.14 bits per heavy atom. The molecule has 1 aliphatic heterocycles. The summed E-state index contributed by atoms with van der Waals surface area (Å²) in [4.78, 5) is 27.9. The molecule has 3 heterocycles. The van der Waals surface area contributed by atoms with Gasteiger partial charge in [-0.25, -0.2) is 14.4 Å². The van der Waals surface area contributed by atoms with Gasteiger partial charge in [-0.15, -0.1) is 0 Å². The van der Waals surface area contributed by atoms with Crippen molar-refractivity contribution in [2.75, 3.05) is 23.3 Å². The molecule has 0 atom stereocenters. The maximum Gasteiger partial charge on any atom is 0.274 e. The average Bonchev–Trinajstić information content (AvgIpc) is 3.26. The highest BCUT2D eigenvalue weighted by atomic mass is 35.5. The summed E-state index contributed by atoms with van der Waals surface area (Å²) < 4.78 is 15.1. The van der Waals surface area contributed by atoms with E-state index in [0.717, 1.165) is 25.9 Å². The number of nitrogens with one attached hydrogen (secondary N) is 1. The summed E-state index contributed by atoms with van der Waals surface area (Å²) >= 11 is 6.06. The van der Waals surface area contributed by atoms with Gasteiger partial charge in [0.05, 0.1) is 10.7 Å². The van der Waals surface area contributed by atoms with E-state index >= 15 is 0 Å². The lowest BCUT2D eigenvalue weighted by atomic mass is 10.1. The lowest BCUT2D eigenvalue weighted by Gasteiger charge is -2.28. The smallest absolute Gasteiger partial charge is 0.274 e. The van der Waals surface area contributed by atoms with Gasteiger partial charge >= 0.3 is 0 Å². The number of halogens is 2. The zero-order valence-electron chi connectivity index (χ0n) is 15.0. The van der Waals surface area contributed by atoms with Gasteiger partial charge in [-0.3, -0.25) is 9.36 Å². The second-order valence-corrected chi connectivity index (χ2v) is 6.91. The van der Waals surface area contributed by atoms with E-state index in [1.54, 1.807) is 29.4 Å². The number of aromatic nitrogens is 4. The summed E-state index contributed by atoms with van der Waals surface area (Å²) in [5.41, 5.74) is 0.355. The number of carbonyl (C=O) groups excluding carboxylic acids is 1. The zero-order chi connectivity index (χ0) is 19.5. The van der Waals surface area contributed by atoms with Gasteiger partial charge in [-0.05, 0) is 37.5 Å². The Bertz CT molecular complexity index is 988. The van der Waals surface area contributed by atoms with Crippen LogP contribution in [0, 0.1) is 5.82 Å². The number of imidazole rings is 1. The molecule has 0 saturated carbocycles. The van der Waals surface area contributed by atoms with Gasteiger partial charge < -0.3 is 10.2 Å². The molecule has 0 radical (unpaired) electrons. The molecule has 9 heteroatoms. The molecule has 1 aliphatic rings. The van der Waals surface area contributed by atoms with Gasteiger partial charge in [0.25, 0.3) is 5.91 Å². The van der Waals surface area contributed by atoms with Crippen LogP contribution in [0.3, 0.4) is 0 Å². The first-order valence-corrected chi connectivity index (χ1v) is 9.37. The summed E-state index contributed by atoms with van der Waals surface area (Å²) in [6.07, 6.45) is 8.22. The fourth-order valence-corrected chi connectivity index (χ4v) is 3.26. The molecule has 7 nitrogen and oxygen atoms in total. The van der Waals surface area contributed by atoms with E-state index in [1.165, 1.54) is 24.6 Å². The predicted molar refractivity (Wildman–Crippen MR) is 105 cm³/mol. The van der Waals surface area contributed by atoms with E-state index < -0.39 is 11.7 Å². The number of rotatable bonds is 4. The Kier molecular flexibility index (Phi) is 5.21. The highest BCUT2D eigenvalue weighted by molar-refractivity contribution is 6.33. The number of hydrogen-bond acceptors (Lipinski definition) is 5. The van der Waals surface area contributed by atoms with E-state index in [1.807, 2.05) is 0 Å². The number of piperidine rings is 1. The first kappa shape index (κ1) is 18.4. The highest BCUT2D eigenvalue weighted by Gasteiger charge is 2.19. The van der Waals surface area contributed by atoms with Gasteiger partial charge in [-0.2, -0.15) is 4.98 Å². The Labute approximate surface area is 166 Å². The molecule has 0 unspecified atom stereocenters. The molecule has 2 aromatic heterocycles. The first-order valence-electron chi connectivity index (χ1n) is 8.99. The maximum atomic E-state index is 13.5. The van der Waals surface area contributed by atoms with Crippen LogP contribution in [0.2, 0.25) is 5.02 Å². The summed E-state index contributed by atoms with van der Waals surface area (Å²) in [6, 6.07) is 5.44. The summed E-state index contributed by atoms with van der Waals surface area (Å²) in [7, 11) is 0.